The molecule has 3 rings (SSSR count). The van der Waals surface area contributed by atoms with E-state index < -0.39 is 24.2 Å². The van der Waals surface area contributed by atoms with E-state index >= 15 is 0 Å². The van der Waals surface area contributed by atoms with Gasteiger partial charge in [0.1, 0.15) is 11.9 Å². The fraction of sp³-hybridized carbons (Fsp3) is 0.375. The van der Waals surface area contributed by atoms with Gasteiger partial charge in [-0.15, -0.1) is 0 Å². The molecule has 2 heterocycles. The van der Waals surface area contributed by atoms with Crippen LogP contribution < -0.4 is 10.9 Å². The lowest BCUT2D eigenvalue weighted by molar-refractivity contribution is -0.121. The number of rotatable bonds is 5. The standard InChI is InChI=1S/C16H17NO6/c18-8-11(19)7-17-14(20)6-10-5-12-13(23-16(10)21)2-1-9-3-4-22-15(9)12/h1-5,9,11,15,18-19H,6-8H2,(H,17,20). The molecular formula is C16H17NO6. The Kier molecular flexibility index (Phi) is 4.31. The van der Waals surface area contributed by atoms with E-state index in [0.717, 1.165) is 5.56 Å². The van der Waals surface area contributed by atoms with Crippen molar-refractivity contribution in [2.24, 2.45) is 5.92 Å². The lowest BCUT2D eigenvalue weighted by atomic mass is 9.90. The molecule has 0 saturated carbocycles. The van der Waals surface area contributed by atoms with Crippen molar-refractivity contribution in [3.8, 4) is 0 Å². The van der Waals surface area contributed by atoms with E-state index in [2.05, 4.69) is 5.32 Å². The van der Waals surface area contributed by atoms with Gasteiger partial charge in [-0.25, -0.2) is 4.79 Å². The first-order valence-electron chi connectivity index (χ1n) is 7.31. The van der Waals surface area contributed by atoms with Crippen LogP contribution in [0.1, 0.15) is 23.0 Å². The zero-order valence-corrected chi connectivity index (χ0v) is 12.3. The number of nitrogens with one attached hydrogen (secondary N) is 1. The van der Waals surface area contributed by atoms with E-state index in [9.17, 15) is 14.7 Å². The number of ether oxygens (including phenoxy) is 1. The number of carbonyl (C=O) groups excluding carboxylic acids is 1. The highest BCUT2D eigenvalue weighted by atomic mass is 16.5. The molecule has 122 valence electrons. The van der Waals surface area contributed by atoms with E-state index in [1.807, 2.05) is 12.2 Å². The third kappa shape index (κ3) is 3.20. The van der Waals surface area contributed by atoms with Gasteiger partial charge in [-0.2, -0.15) is 0 Å². The van der Waals surface area contributed by atoms with Gasteiger partial charge in [-0.05, 0) is 18.2 Å². The molecule has 3 unspecified atom stereocenters. The van der Waals surface area contributed by atoms with E-state index in [-0.39, 0.29) is 30.6 Å². The number of hydrogen-bond acceptors (Lipinski definition) is 6. The van der Waals surface area contributed by atoms with Crippen LogP contribution in [-0.2, 0) is 16.0 Å². The van der Waals surface area contributed by atoms with Gasteiger partial charge >= 0.3 is 5.63 Å². The Bertz CT molecular complexity index is 720. The first-order chi connectivity index (χ1) is 11.1. The minimum Gasteiger partial charge on any atom is -0.493 e. The molecule has 7 heteroatoms. The molecule has 1 aromatic heterocycles. The summed E-state index contributed by atoms with van der Waals surface area (Å²) in [5.41, 5.74) is 0.389. The molecule has 0 radical (unpaired) electrons. The summed E-state index contributed by atoms with van der Waals surface area (Å²) in [5, 5.41) is 20.4. The van der Waals surface area contributed by atoms with E-state index in [4.69, 9.17) is 14.3 Å². The predicted molar refractivity (Wildman–Crippen MR) is 80.3 cm³/mol. The molecule has 3 atom stereocenters. The first-order valence-corrected chi connectivity index (χ1v) is 7.31. The average molecular weight is 319 g/mol. The summed E-state index contributed by atoms with van der Waals surface area (Å²) in [7, 11) is 0. The molecular weight excluding hydrogens is 302 g/mol. The van der Waals surface area contributed by atoms with Crippen molar-refractivity contribution in [1.82, 2.24) is 5.32 Å². The Labute approximate surface area is 131 Å². The smallest absolute Gasteiger partial charge is 0.339 e. The van der Waals surface area contributed by atoms with Crippen LogP contribution >= 0.6 is 0 Å². The molecule has 0 spiro atoms. The summed E-state index contributed by atoms with van der Waals surface area (Å²) in [4.78, 5) is 23.8. The lowest BCUT2D eigenvalue weighted by Gasteiger charge is -2.21. The summed E-state index contributed by atoms with van der Waals surface area (Å²) >= 11 is 0. The summed E-state index contributed by atoms with van der Waals surface area (Å²) in [6.07, 6.45) is 5.74. The monoisotopic (exact) mass is 319 g/mol. The van der Waals surface area contributed by atoms with Gasteiger partial charge in [0.2, 0.25) is 5.91 Å². The van der Waals surface area contributed by atoms with Gasteiger partial charge in [0.15, 0.2) is 0 Å². The Balaban J connectivity index is 1.76. The molecule has 3 N–H and O–H groups in total. The molecule has 0 aromatic carbocycles. The molecule has 23 heavy (non-hydrogen) atoms. The molecule has 1 aliphatic heterocycles. The van der Waals surface area contributed by atoms with Gasteiger partial charge in [0.25, 0.3) is 0 Å². The Morgan fingerprint density at radius 2 is 2.22 bits per heavy atom. The maximum Gasteiger partial charge on any atom is 0.339 e. The van der Waals surface area contributed by atoms with Crippen LogP contribution in [0.4, 0.5) is 0 Å². The SMILES string of the molecule is O=C(Cc1cc2c(oc1=O)C=CC1C=COC21)NCC(O)CO. The van der Waals surface area contributed by atoms with Crippen molar-refractivity contribution in [3.05, 3.63) is 51.8 Å². The van der Waals surface area contributed by atoms with Crippen LogP contribution in [0.5, 0.6) is 0 Å². The van der Waals surface area contributed by atoms with Crippen LogP contribution in [0.2, 0.25) is 0 Å². The number of carbonyl (C=O) groups is 1. The second kappa shape index (κ2) is 6.39. The number of amides is 1. The molecule has 7 nitrogen and oxygen atoms in total. The van der Waals surface area contributed by atoms with Crippen molar-refractivity contribution in [2.75, 3.05) is 13.2 Å². The van der Waals surface area contributed by atoms with Crippen LogP contribution in [-0.4, -0.2) is 35.4 Å². The first kappa shape index (κ1) is 15.5. The normalized spacial score (nSPS) is 22.2. The average Bonchev–Trinajstić information content (AvgIpc) is 3.02. The number of aliphatic hydroxyl groups is 2. The third-order valence-electron chi connectivity index (χ3n) is 3.83. The molecule has 1 amide bonds. The van der Waals surface area contributed by atoms with Crippen LogP contribution in [0.25, 0.3) is 6.08 Å². The molecule has 1 aromatic rings. The van der Waals surface area contributed by atoms with Gasteiger partial charge in [-0.1, -0.05) is 6.08 Å². The molecule has 1 aliphatic carbocycles. The maximum atomic E-state index is 12.0. The fourth-order valence-electron chi connectivity index (χ4n) is 2.61. The highest BCUT2D eigenvalue weighted by molar-refractivity contribution is 5.78. The zero-order chi connectivity index (χ0) is 16.4. The second-order valence-corrected chi connectivity index (χ2v) is 5.52. The lowest BCUT2D eigenvalue weighted by Crippen LogP contribution is -2.35. The van der Waals surface area contributed by atoms with Crippen LogP contribution in [0.3, 0.4) is 0 Å². The van der Waals surface area contributed by atoms with E-state index in [1.54, 1.807) is 18.4 Å². The second-order valence-electron chi connectivity index (χ2n) is 5.52. The minimum atomic E-state index is -1.03. The summed E-state index contributed by atoms with van der Waals surface area (Å²) in [6, 6.07) is 1.64. The van der Waals surface area contributed by atoms with E-state index in [0.29, 0.717) is 5.76 Å². The number of aliphatic hydroxyl groups excluding tert-OH is 2. The number of fused-ring (bicyclic) bond motifs is 3. The van der Waals surface area contributed by atoms with Crippen molar-refractivity contribution >= 4 is 12.0 Å². The predicted octanol–water partition coefficient (Wildman–Crippen LogP) is -0.120. The third-order valence-corrected chi connectivity index (χ3v) is 3.83. The molecule has 0 fully saturated rings. The van der Waals surface area contributed by atoms with Gasteiger partial charge in [0, 0.05) is 23.6 Å². The van der Waals surface area contributed by atoms with E-state index in [1.165, 1.54) is 0 Å². The summed E-state index contributed by atoms with van der Waals surface area (Å²) in [5.74, 6) is 0.106. The topological polar surface area (TPSA) is 109 Å². The Morgan fingerprint density at radius 3 is 3.00 bits per heavy atom. The minimum absolute atomic E-state index is 0.0773. The maximum absolute atomic E-state index is 12.0. The molecule has 0 bridgehead atoms. The highest BCUT2D eigenvalue weighted by Gasteiger charge is 2.31. The highest BCUT2D eigenvalue weighted by Crippen LogP contribution is 2.39. The summed E-state index contributed by atoms with van der Waals surface area (Å²) in [6.45, 7) is -0.521. The van der Waals surface area contributed by atoms with Crippen molar-refractivity contribution < 1.29 is 24.2 Å². The molecule has 0 saturated heterocycles. The van der Waals surface area contributed by atoms with Crippen molar-refractivity contribution in [1.29, 1.82) is 0 Å². The summed E-state index contributed by atoms with van der Waals surface area (Å²) < 4.78 is 10.8. The quantitative estimate of drug-likeness (QED) is 0.698. The zero-order valence-electron chi connectivity index (χ0n) is 12.3. The van der Waals surface area contributed by atoms with Gasteiger partial charge < -0.3 is 24.7 Å². The van der Waals surface area contributed by atoms with Crippen molar-refractivity contribution in [3.63, 3.8) is 0 Å². The number of hydrogen-bond donors (Lipinski definition) is 3. The van der Waals surface area contributed by atoms with Crippen LogP contribution in [0.15, 0.2) is 33.7 Å². The van der Waals surface area contributed by atoms with Crippen LogP contribution in [0, 0.1) is 5.92 Å². The fourth-order valence-corrected chi connectivity index (χ4v) is 2.61. The Hall–Kier alpha value is -2.38. The van der Waals surface area contributed by atoms with Gasteiger partial charge in [-0.3, -0.25) is 4.79 Å². The molecule has 2 aliphatic rings. The Morgan fingerprint density at radius 1 is 1.39 bits per heavy atom. The van der Waals surface area contributed by atoms with Crippen molar-refractivity contribution in [2.45, 2.75) is 18.6 Å². The van der Waals surface area contributed by atoms with Gasteiger partial charge in [0.05, 0.1) is 25.4 Å². The largest absolute Gasteiger partial charge is 0.493 e.